The first-order valence-electron chi connectivity index (χ1n) is 12.7. The molecule has 4 heteroatoms. The van der Waals surface area contributed by atoms with Gasteiger partial charge in [-0.1, -0.05) is 60.7 Å². The summed E-state index contributed by atoms with van der Waals surface area (Å²) in [5.74, 6) is 2.21. The van der Waals surface area contributed by atoms with Crippen LogP contribution in [0.2, 0.25) is 0 Å². The van der Waals surface area contributed by atoms with Crippen molar-refractivity contribution in [3.05, 3.63) is 116 Å². The second-order valence-corrected chi connectivity index (χ2v) is 9.91. The molecule has 4 aliphatic rings. The van der Waals surface area contributed by atoms with Gasteiger partial charge in [0.05, 0.1) is 12.5 Å². The maximum atomic E-state index is 13.0. The summed E-state index contributed by atoms with van der Waals surface area (Å²) >= 11 is 0. The van der Waals surface area contributed by atoms with Gasteiger partial charge in [-0.25, -0.2) is 0 Å². The van der Waals surface area contributed by atoms with Crippen molar-refractivity contribution in [2.24, 2.45) is 0 Å². The highest BCUT2D eigenvalue weighted by Gasteiger charge is 2.32. The maximum Gasteiger partial charge on any atom is 0.185 e. The van der Waals surface area contributed by atoms with Crippen LogP contribution in [0.1, 0.15) is 45.9 Å². The van der Waals surface area contributed by atoms with Gasteiger partial charge in [0.25, 0.3) is 0 Å². The topological polar surface area (TPSA) is 48.7 Å². The van der Waals surface area contributed by atoms with Crippen molar-refractivity contribution in [2.45, 2.75) is 32.3 Å². The molecule has 0 saturated carbocycles. The first-order valence-corrected chi connectivity index (χ1v) is 12.7. The van der Waals surface area contributed by atoms with Crippen molar-refractivity contribution in [2.75, 3.05) is 7.11 Å². The first-order chi connectivity index (χ1) is 18.1. The molecule has 3 aromatic carbocycles. The summed E-state index contributed by atoms with van der Waals surface area (Å²) in [7, 11) is 1.68. The summed E-state index contributed by atoms with van der Waals surface area (Å²) in [6, 6.07) is 24.5. The molecule has 182 valence electrons. The van der Waals surface area contributed by atoms with Gasteiger partial charge >= 0.3 is 0 Å². The lowest BCUT2D eigenvalue weighted by atomic mass is 9.81. The molecule has 0 fully saturated rings. The van der Waals surface area contributed by atoms with Crippen molar-refractivity contribution in [3.63, 3.8) is 0 Å². The number of benzene rings is 4. The third kappa shape index (κ3) is 3.40. The Morgan fingerprint density at radius 3 is 2.49 bits per heavy atom. The van der Waals surface area contributed by atoms with Gasteiger partial charge in [0.15, 0.2) is 5.43 Å². The van der Waals surface area contributed by atoms with Crippen LogP contribution in [0.25, 0.3) is 33.9 Å². The molecule has 4 nitrogen and oxygen atoms in total. The zero-order chi connectivity index (χ0) is 25.1. The van der Waals surface area contributed by atoms with E-state index in [9.17, 15) is 4.79 Å². The summed E-state index contributed by atoms with van der Waals surface area (Å²) in [5, 5.41) is 0.941. The van der Waals surface area contributed by atoms with E-state index in [1.165, 1.54) is 5.57 Å². The van der Waals surface area contributed by atoms with Crippen molar-refractivity contribution in [1.82, 2.24) is 0 Å². The summed E-state index contributed by atoms with van der Waals surface area (Å²) in [6.07, 6.45) is 4.59. The van der Waals surface area contributed by atoms with E-state index in [4.69, 9.17) is 13.9 Å². The number of ether oxygens (including phenoxy) is 2. The first kappa shape index (κ1) is 21.9. The lowest BCUT2D eigenvalue weighted by Crippen LogP contribution is -2.18. The highest BCUT2D eigenvalue weighted by molar-refractivity contribution is 6.06. The van der Waals surface area contributed by atoms with Gasteiger partial charge in [0, 0.05) is 28.3 Å². The number of fused-ring (bicyclic) bond motifs is 4. The summed E-state index contributed by atoms with van der Waals surface area (Å²) in [6.45, 7) is 1.84. The van der Waals surface area contributed by atoms with E-state index in [0.717, 1.165) is 63.1 Å². The van der Waals surface area contributed by atoms with E-state index in [1.54, 1.807) is 13.2 Å². The van der Waals surface area contributed by atoms with Gasteiger partial charge in [0.1, 0.15) is 28.9 Å². The third-order valence-corrected chi connectivity index (χ3v) is 7.77. The number of methoxy groups -OCH3 is 1. The predicted molar refractivity (Wildman–Crippen MR) is 147 cm³/mol. The SMILES string of the molecule is COc1cc2oc3c(C)c(=O)cc4c-3c(c2c2c1CCC(c1ccccc1)O2)C=C(c1ccccc1)C4. The van der Waals surface area contributed by atoms with Crippen LogP contribution in [0.15, 0.2) is 82.0 Å². The summed E-state index contributed by atoms with van der Waals surface area (Å²) in [5.41, 5.74) is 8.86. The molecule has 2 heterocycles. The molecule has 0 saturated heterocycles. The van der Waals surface area contributed by atoms with Crippen LogP contribution >= 0.6 is 0 Å². The van der Waals surface area contributed by atoms with Crippen LogP contribution < -0.4 is 14.9 Å². The van der Waals surface area contributed by atoms with E-state index < -0.39 is 0 Å². The number of hydrogen-bond donors (Lipinski definition) is 0. The monoisotopic (exact) mass is 486 g/mol. The lowest BCUT2D eigenvalue weighted by molar-refractivity contribution is 0.177. The number of hydrogen-bond acceptors (Lipinski definition) is 4. The second kappa shape index (κ2) is 8.38. The third-order valence-electron chi connectivity index (χ3n) is 7.77. The molecule has 1 unspecified atom stereocenters. The Morgan fingerprint density at radius 2 is 1.73 bits per heavy atom. The van der Waals surface area contributed by atoms with E-state index in [2.05, 4.69) is 42.5 Å². The van der Waals surface area contributed by atoms with Gasteiger partial charge in [-0.2, -0.15) is 0 Å². The minimum atomic E-state index is -0.0571. The van der Waals surface area contributed by atoms with Gasteiger partial charge in [-0.3, -0.25) is 4.79 Å². The Kier molecular flexibility index (Phi) is 4.97. The van der Waals surface area contributed by atoms with Crippen LogP contribution in [0.4, 0.5) is 0 Å². The maximum absolute atomic E-state index is 13.0. The molecule has 37 heavy (non-hydrogen) atoms. The standard InChI is InChI=1S/C33H26O4/c1-19-26(34)17-23-15-22(20-9-5-3-6-10-20)16-25-30(23)32(19)37-29-18-28(35-2)24-13-14-27(36-33(24)31(25)29)21-11-7-4-8-12-21/h3-12,16-18,27H,13-15H2,1-2H3. The molecule has 0 bridgehead atoms. The van der Waals surface area contributed by atoms with E-state index in [0.29, 0.717) is 23.3 Å². The van der Waals surface area contributed by atoms with Gasteiger partial charge < -0.3 is 13.9 Å². The minimum Gasteiger partial charge on any atom is -0.496 e. The predicted octanol–water partition coefficient (Wildman–Crippen LogP) is 7.38. The lowest BCUT2D eigenvalue weighted by Gasteiger charge is -2.31. The van der Waals surface area contributed by atoms with E-state index >= 15 is 0 Å². The average Bonchev–Trinajstić information content (AvgIpc) is 2.95. The molecule has 1 atom stereocenters. The Balaban J connectivity index is 1.56. The minimum absolute atomic E-state index is 0.00354. The molecular formula is C33H26O4. The van der Waals surface area contributed by atoms with Gasteiger partial charge in [0.2, 0.25) is 0 Å². The largest absolute Gasteiger partial charge is 0.496 e. The zero-order valence-corrected chi connectivity index (χ0v) is 20.8. The Morgan fingerprint density at radius 1 is 0.973 bits per heavy atom. The molecule has 0 aromatic heterocycles. The Hall–Kier alpha value is -4.31. The molecule has 2 aliphatic heterocycles. The fraction of sp³-hybridized carbons (Fsp3) is 0.182. The van der Waals surface area contributed by atoms with Crippen molar-refractivity contribution in [1.29, 1.82) is 0 Å². The smallest absolute Gasteiger partial charge is 0.185 e. The molecule has 3 aromatic rings. The van der Waals surface area contributed by atoms with E-state index in [-0.39, 0.29) is 11.5 Å². The quantitative estimate of drug-likeness (QED) is 0.250. The van der Waals surface area contributed by atoms with Crippen LogP contribution in [0.5, 0.6) is 11.5 Å². The summed E-state index contributed by atoms with van der Waals surface area (Å²) < 4.78 is 19.1. The summed E-state index contributed by atoms with van der Waals surface area (Å²) in [4.78, 5) is 13.0. The second-order valence-electron chi connectivity index (χ2n) is 9.91. The zero-order valence-electron chi connectivity index (χ0n) is 20.8. The van der Waals surface area contributed by atoms with E-state index in [1.807, 2.05) is 37.3 Å². The van der Waals surface area contributed by atoms with Gasteiger partial charge in [-0.15, -0.1) is 0 Å². The van der Waals surface area contributed by atoms with Crippen LogP contribution in [0.3, 0.4) is 0 Å². The fourth-order valence-electron chi connectivity index (χ4n) is 5.91. The molecule has 7 rings (SSSR count). The fourth-order valence-corrected chi connectivity index (χ4v) is 5.91. The molecule has 0 amide bonds. The number of rotatable bonds is 3. The molecule has 0 N–H and O–H groups in total. The Bertz CT molecular complexity index is 1730. The molecule has 2 aliphatic carbocycles. The highest BCUT2D eigenvalue weighted by Crippen LogP contribution is 2.51. The average molecular weight is 487 g/mol. The molecular weight excluding hydrogens is 460 g/mol. The molecule has 0 spiro atoms. The van der Waals surface area contributed by atoms with Gasteiger partial charge in [-0.05, 0) is 60.6 Å². The van der Waals surface area contributed by atoms with Crippen molar-refractivity contribution < 1.29 is 13.9 Å². The van der Waals surface area contributed by atoms with Crippen LogP contribution in [0, 0.1) is 6.92 Å². The normalized spacial score (nSPS) is 16.3. The number of allylic oxidation sites excluding steroid dienone is 1. The van der Waals surface area contributed by atoms with Crippen LogP contribution in [-0.2, 0) is 12.8 Å². The van der Waals surface area contributed by atoms with Crippen LogP contribution in [-0.4, -0.2) is 7.11 Å². The van der Waals surface area contributed by atoms with Crippen molar-refractivity contribution in [3.8, 4) is 22.8 Å². The molecule has 0 radical (unpaired) electrons. The highest BCUT2D eigenvalue weighted by atomic mass is 16.5. The Labute approximate surface area is 215 Å². The van der Waals surface area contributed by atoms with Crippen molar-refractivity contribution >= 4 is 22.6 Å².